The van der Waals surface area contributed by atoms with Gasteiger partial charge in [-0.25, -0.2) is 14.5 Å². The van der Waals surface area contributed by atoms with Crippen LogP contribution in [0, 0.1) is 0 Å². The summed E-state index contributed by atoms with van der Waals surface area (Å²) < 4.78 is 1.69. The molecule has 0 unspecified atom stereocenters. The molecule has 0 amide bonds. The number of hydrogen-bond acceptors (Lipinski definition) is 3. The van der Waals surface area contributed by atoms with Crippen LogP contribution in [0.25, 0.3) is 5.65 Å². The Morgan fingerprint density at radius 2 is 1.75 bits per heavy atom. The average Bonchev–Trinajstić information content (AvgIpc) is 2.95. The maximum Gasteiger partial charge on any atom is 0.158 e. The van der Waals surface area contributed by atoms with Crippen molar-refractivity contribution in [3.63, 3.8) is 0 Å². The van der Waals surface area contributed by atoms with Crippen LogP contribution < -0.4 is 0 Å². The van der Waals surface area contributed by atoms with Gasteiger partial charge in [0.15, 0.2) is 5.65 Å². The Kier molecular flexibility index (Phi) is 4.01. The highest BCUT2D eigenvalue weighted by atomic mass is 15.3. The molecule has 0 N–H and O–H groups in total. The van der Waals surface area contributed by atoms with Crippen molar-refractivity contribution in [2.75, 3.05) is 0 Å². The van der Waals surface area contributed by atoms with E-state index in [9.17, 15) is 0 Å². The van der Waals surface area contributed by atoms with Crippen LogP contribution in [0.4, 0.5) is 0 Å². The molecule has 1 aromatic carbocycles. The van der Waals surface area contributed by atoms with Crippen LogP contribution in [0.1, 0.15) is 30.7 Å². The zero-order valence-electron chi connectivity index (χ0n) is 11.4. The SMILES string of the molecule is c1ccc(CCCCCc2ncn3nccc3n2)cc1. The van der Waals surface area contributed by atoms with Gasteiger partial charge in [0.25, 0.3) is 0 Å². The molecule has 0 radical (unpaired) electrons. The molecule has 0 bridgehead atoms. The molecule has 4 heteroatoms. The first-order valence-electron chi connectivity index (χ1n) is 7.11. The third kappa shape index (κ3) is 3.20. The quantitative estimate of drug-likeness (QED) is 0.644. The van der Waals surface area contributed by atoms with Crippen molar-refractivity contribution in [2.45, 2.75) is 32.1 Å². The number of rotatable bonds is 6. The molecular weight excluding hydrogens is 248 g/mol. The third-order valence-corrected chi connectivity index (χ3v) is 3.42. The summed E-state index contributed by atoms with van der Waals surface area (Å²) in [6.07, 6.45) is 9.15. The first-order chi connectivity index (χ1) is 9.92. The van der Waals surface area contributed by atoms with E-state index in [4.69, 9.17) is 0 Å². The molecule has 20 heavy (non-hydrogen) atoms. The summed E-state index contributed by atoms with van der Waals surface area (Å²) in [5, 5.41) is 4.09. The molecule has 0 aliphatic heterocycles. The predicted molar refractivity (Wildman–Crippen MR) is 78.5 cm³/mol. The van der Waals surface area contributed by atoms with Gasteiger partial charge < -0.3 is 0 Å². The highest BCUT2D eigenvalue weighted by molar-refractivity contribution is 5.34. The van der Waals surface area contributed by atoms with Crippen molar-refractivity contribution in [2.24, 2.45) is 0 Å². The van der Waals surface area contributed by atoms with Gasteiger partial charge in [-0.1, -0.05) is 36.8 Å². The number of unbranched alkanes of at least 4 members (excludes halogenated alkanes) is 2. The van der Waals surface area contributed by atoms with E-state index >= 15 is 0 Å². The third-order valence-electron chi connectivity index (χ3n) is 3.42. The van der Waals surface area contributed by atoms with Gasteiger partial charge in [0, 0.05) is 12.5 Å². The summed E-state index contributed by atoms with van der Waals surface area (Å²) in [6, 6.07) is 12.6. The highest BCUT2D eigenvalue weighted by Gasteiger charge is 2.00. The maximum absolute atomic E-state index is 4.48. The number of fused-ring (bicyclic) bond motifs is 1. The van der Waals surface area contributed by atoms with Gasteiger partial charge in [0.05, 0.1) is 6.20 Å². The molecule has 0 spiro atoms. The fourth-order valence-electron chi connectivity index (χ4n) is 2.32. The second-order valence-corrected chi connectivity index (χ2v) is 4.95. The van der Waals surface area contributed by atoms with E-state index in [-0.39, 0.29) is 0 Å². The predicted octanol–water partition coefficient (Wildman–Crippen LogP) is 3.08. The van der Waals surface area contributed by atoms with E-state index in [1.807, 2.05) is 6.07 Å². The lowest BCUT2D eigenvalue weighted by Gasteiger charge is -2.02. The minimum atomic E-state index is 0.874. The van der Waals surface area contributed by atoms with Crippen LogP contribution in [-0.2, 0) is 12.8 Å². The molecule has 0 atom stereocenters. The second kappa shape index (κ2) is 6.28. The Morgan fingerprint density at radius 3 is 2.65 bits per heavy atom. The average molecular weight is 266 g/mol. The van der Waals surface area contributed by atoms with Crippen molar-refractivity contribution >= 4 is 5.65 Å². The fourth-order valence-corrected chi connectivity index (χ4v) is 2.32. The zero-order valence-corrected chi connectivity index (χ0v) is 11.4. The molecule has 3 aromatic rings. The molecule has 0 aliphatic carbocycles. The molecule has 2 heterocycles. The molecule has 4 nitrogen and oxygen atoms in total. The first kappa shape index (κ1) is 12.8. The topological polar surface area (TPSA) is 43.1 Å². The van der Waals surface area contributed by atoms with E-state index in [0.29, 0.717) is 0 Å². The van der Waals surface area contributed by atoms with E-state index < -0.39 is 0 Å². The van der Waals surface area contributed by atoms with Gasteiger partial charge in [-0.05, 0) is 24.8 Å². The minimum absolute atomic E-state index is 0.874. The molecular formula is C16H18N4. The van der Waals surface area contributed by atoms with Gasteiger partial charge in [-0.3, -0.25) is 0 Å². The fraction of sp³-hybridized carbons (Fsp3) is 0.312. The van der Waals surface area contributed by atoms with E-state index in [1.54, 1.807) is 17.0 Å². The minimum Gasteiger partial charge on any atom is -0.221 e. The lowest BCUT2D eigenvalue weighted by Crippen LogP contribution is -1.99. The number of aryl methyl sites for hydroxylation is 2. The summed E-state index contributed by atoms with van der Waals surface area (Å²) in [7, 11) is 0. The lowest BCUT2D eigenvalue weighted by molar-refractivity contribution is 0.659. The number of hydrogen-bond donors (Lipinski definition) is 0. The van der Waals surface area contributed by atoms with Crippen molar-refractivity contribution in [3.8, 4) is 0 Å². The largest absolute Gasteiger partial charge is 0.221 e. The molecule has 0 saturated carbocycles. The summed E-state index contributed by atoms with van der Waals surface area (Å²) in [5.41, 5.74) is 2.30. The van der Waals surface area contributed by atoms with E-state index in [1.165, 1.54) is 18.4 Å². The van der Waals surface area contributed by atoms with Crippen LogP contribution in [0.15, 0.2) is 48.9 Å². The van der Waals surface area contributed by atoms with E-state index in [0.717, 1.165) is 30.7 Å². The summed E-state index contributed by atoms with van der Waals surface area (Å²) in [6.45, 7) is 0. The normalized spacial score (nSPS) is 11.0. The van der Waals surface area contributed by atoms with Crippen LogP contribution >= 0.6 is 0 Å². The Balaban J connectivity index is 1.43. The maximum atomic E-state index is 4.48. The van der Waals surface area contributed by atoms with Crippen LogP contribution in [0.5, 0.6) is 0 Å². The van der Waals surface area contributed by atoms with Crippen molar-refractivity contribution in [3.05, 3.63) is 60.3 Å². The summed E-state index contributed by atoms with van der Waals surface area (Å²) >= 11 is 0. The molecule has 0 saturated heterocycles. The number of benzene rings is 1. The molecule has 0 aliphatic rings. The number of aromatic nitrogens is 4. The molecule has 102 valence electrons. The number of nitrogens with zero attached hydrogens (tertiary/aromatic N) is 4. The van der Waals surface area contributed by atoms with Crippen LogP contribution in [0.3, 0.4) is 0 Å². The first-order valence-corrected chi connectivity index (χ1v) is 7.11. The highest BCUT2D eigenvalue weighted by Crippen LogP contribution is 2.08. The standard InChI is InChI=1S/C16H18N4/c1-3-7-14(8-4-1)9-5-2-6-10-15-17-13-20-16(19-15)11-12-18-20/h1,3-4,7-8,11-13H,2,5-6,9-10H2. The Bertz CT molecular complexity index is 660. The van der Waals surface area contributed by atoms with Crippen LogP contribution in [0.2, 0.25) is 0 Å². The zero-order chi connectivity index (χ0) is 13.6. The Morgan fingerprint density at radius 1 is 0.900 bits per heavy atom. The van der Waals surface area contributed by atoms with Gasteiger partial charge >= 0.3 is 0 Å². The molecule has 2 aromatic heterocycles. The Labute approximate surface area is 118 Å². The monoisotopic (exact) mass is 266 g/mol. The molecule has 0 fully saturated rings. The van der Waals surface area contributed by atoms with Gasteiger partial charge in [-0.2, -0.15) is 5.10 Å². The second-order valence-electron chi connectivity index (χ2n) is 4.95. The lowest BCUT2D eigenvalue weighted by atomic mass is 10.1. The van der Waals surface area contributed by atoms with Gasteiger partial charge in [-0.15, -0.1) is 0 Å². The van der Waals surface area contributed by atoms with Crippen molar-refractivity contribution in [1.29, 1.82) is 0 Å². The smallest absolute Gasteiger partial charge is 0.158 e. The summed E-state index contributed by atoms with van der Waals surface area (Å²) in [4.78, 5) is 8.80. The van der Waals surface area contributed by atoms with Gasteiger partial charge in [0.1, 0.15) is 12.2 Å². The Hall–Kier alpha value is -2.23. The van der Waals surface area contributed by atoms with Crippen molar-refractivity contribution in [1.82, 2.24) is 19.6 Å². The van der Waals surface area contributed by atoms with E-state index in [2.05, 4.69) is 45.4 Å². The van der Waals surface area contributed by atoms with Gasteiger partial charge in [0.2, 0.25) is 0 Å². The van der Waals surface area contributed by atoms with Crippen molar-refractivity contribution < 1.29 is 0 Å². The molecule has 3 rings (SSSR count). The summed E-state index contributed by atoms with van der Waals surface area (Å²) in [5.74, 6) is 0.915. The van der Waals surface area contributed by atoms with Crippen LogP contribution in [-0.4, -0.2) is 19.6 Å².